The zero-order chi connectivity index (χ0) is 25.2. The fourth-order valence-electron chi connectivity index (χ4n) is 4.69. The maximum atomic E-state index is 13.4. The topological polar surface area (TPSA) is 84.1 Å². The van der Waals surface area contributed by atoms with Crippen LogP contribution in [0.15, 0.2) is 52.0 Å². The lowest BCUT2D eigenvalue weighted by Gasteiger charge is -2.28. The molecule has 2 aromatic carbocycles. The van der Waals surface area contributed by atoms with Gasteiger partial charge in [0.25, 0.3) is 11.8 Å². The average molecular weight is 526 g/mol. The van der Waals surface area contributed by atoms with Crippen molar-refractivity contribution in [3.8, 4) is 5.75 Å². The molecule has 1 aliphatic carbocycles. The molecule has 2 aliphatic rings. The van der Waals surface area contributed by atoms with E-state index in [2.05, 4.69) is 22.7 Å². The van der Waals surface area contributed by atoms with Crippen molar-refractivity contribution in [1.29, 1.82) is 0 Å². The molecule has 0 bridgehead atoms. The van der Waals surface area contributed by atoms with E-state index < -0.39 is 5.91 Å². The first kappa shape index (κ1) is 24.4. The predicted molar refractivity (Wildman–Crippen MR) is 138 cm³/mol. The van der Waals surface area contributed by atoms with E-state index in [1.807, 2.05) is 24.0 Å². The van der Waals surface area contributed by atoms with Crippen LogP contribution in [0.25, 0.3) is 0 Å². The lowest BCUT2D eigenvalue weighted by molar-refractivity contribution is -0.123. The molecule has 1 aromatic heterocycles. The van der Waals surface area contributed by atoms with Gasteiger partial charge in [-0.1, -0.05) is 47.5 Å². The average Bonchev–Trinajstić information content (AvgIpc) is 3.23. The summed E-state index contributed by atoms with van der Waals surface area (Å²) >= 11 is 12.0. The van der Waals surface area contributed by atoms with Crippen LogP contribution in [0.5, 0.6) is 5.75 Å². The van der Waals surface area contributed by atoms with E-state index in [9.17, 15) is 9.59 Å². The maximum absolute atomic E-state index is 13.4. The summed E-state index contributed by atoms with van der Waals surface area (Å²) in [5, 5.41) is 5.15. The van der Waals surface area contributed by atoms with Crippen LogP contribution in [0.3, 0.4) is 0 Å². The molecule has 0 radical (unpaired) electrons. The Bertz CT molecular complexity index is 1370. The van der Waals surface area contributed by atoms with Crippen LogP contribution in [-0.2, 0) is 24.2 Å². The molecule has 0 atom stereocenters. The Morgan fingerprint density at radius 1 is 1.11 bits per heavy atom. The fraction of sp³-hybridized carbons (Fsp3) is 0.296. The minimum atomic E-state index is -0.426. The number of furan rings is 1. The van der Waals surface area contributed by atoms with Gasteiger partial charge in [-0.05, 0) is 55.5 Å². The van der Waals surface area contributed by atoms with Crippen molar-refractivity contribution in [2.45, 2.75) is 39.2 Å². The maximum Gasteiger partial charge on any atom is 0.290 e. The standard InChI is InChI=1S/C27H25Cl2N3O4/c1-16-25-21(30-31-24(33)15-35-22-10-9-19(28)13-20(22)29)7-4-8-23(25)36-26(16)27(34)32-12-11-17-5-2-3-6-18(17)14-32/h2-3,5-6,9-10,13H,4,7-8,11-12,14-15H2,1H3,(H,31,33)/b30-21+. The number of halogens is 2. The molecule has 0 unspecified atom stereocenters. The largest absolute Gasteiger partial charge is 0.482 e. The van der Waals surface area contributed by atoms with E-state index in [1.165, 1.54) is 5.56 Å². The summed E-state index contributed by atoms with van der Waals surface area (Å²) in [6.45, 7) is 2.83. The summed E-state index contributed by atoms with van der Waals surface area (Å²) in [6, 6.07) is 13.0. The molecule has 3 aromatic rings. The van der Waals surface area contributed by atoms with Crippen LogP contribution in [0.2, 0.25) is 10.0 Å². The molecular weight excluding hydrogens is 501 g/mol. The molecule has 2 amide bonds. The molecule has 0 spiro atoms. The van der Waals surface area contributed by atoms with Crippen molar-refractivity contribution in [1.82, 2.24) is 10.3 Å². The fourth-order valence-corrected chi connectivity index (χ4v) is 5.16. The number of hydrogen-bond donors (Lipinski definition) is 1. The van der Waals surface area contributed by atoms with Crippen molar-refractivity contribution in [2.24, 2.45) is 5.10 Å². The van der Waals surface area contributed by atoms with Crippen LogP contribution < -0.4 is 10.2 Å². The molecule has 1 N–H and O–H groups in total. The number of rotatable bonds is 5. The summed E-state index contributed by atoms with van der Waals surface area (Å²) in [7, 11) is 0. The Kier molecular flexibility index (Phi) is 7.03. The monoisotopic (exact) mass is 525 g/mol. The van der Waals surface area contributed by atoms with Gasteiger partial charge in [0.1, 0.15) is 11.5 Å². The molecule has 2 heterocycles. The van der Waals surface area contributed by atoms with Crippen LogP contribution in [-0.4, -0.2) is 35.6 Å². The predicted octanol–water partition coefficient (Wildman–Crippen LogP) is 5.33. The number of nitrogens with one attached hydrogen (secondary N) is 1. The molecule has 186 valence electrons. The second-order valence-corrected chi connectivity index (χ2v) is 9.75. The van der Waals surface area contributed by atoms with Crippen LogP contribution >= 0.6 is 23.2 Å². The smallest absolute Gasteiger partial charge is 0.290 e. The zero-order valence-corrected chi connectivity index (χ0v) is 21.3. The van der Waals surface area contributed by atoms with Crippen molar-refractivity contribution in [2.75, 3.05) is 13.2 Å². The highest BCUT2D eigenvalue weighted by Gasteiger charge is 2.31. The number of hydrazone groups is 1. The van der Waals surface area contributed by atoms with Gasteiger partial charge in [-0.3, -0.25) is 9.59 Å². The highest BCUT2D eigenvalue weighted by Crippen LogP contribution is 2.32. The van der Waals surface area contributed by atoms with Crippen molar-refractivity contribution >= 4 is 40.7 Å². The van der Waals surface area contributed by atoms with E-state index in [0.29, 0.717) is 46.8 Å². The number of amides is 2. The summed E-state index contributed by atoms with van der Waals surface area (Å²) in [4.78, 5) is 27.6. The van der Waals surface area contributed by atoms with E-state index in [0.717, 1.165) is 41.7 Å². The van der Waals surface area contributed by atoms with Gasteiger partial charge < -0.3 is 14.1 Å². The first-order chi connectivity index (χ1) is 17.4. The first-order valence-electron chi connectivity index (χ1n) is 11.8. The number of nitrogens with zero attached hydrogens (tertiary/aromatic N) is 2. The minimum Gasteiger partial charge on any atom is -0.482 e. The van der Waals surface area contributed by atoms with Gasteiger partial charge in [-0.25, -0.2) is 5.43 Å². The number of carbonyl (C=O) groups excluding carboxylic acids is 2. The third-order valence-corrected chi connectivity index (χ3v) is 7.04. The number of fused-ring (bicyclic) bond motifs is 2. The first-order valence-corrected chi connectivity index (χ1v) is 12.6. The Morgan fingerprint density at radius 2 is 1.92 bits per heavy atom. The van der Waals surface area contributed by atoms with Crippen molar-refractivity contribution < 1.29 is 18.7 Å². The van der Waals surface area contributed by atoms with Gasteiger partial charge in [0, 0.05) is 35.7 Å². The SMILES string of the molecule is Cc1c(C(=O)N2CCc3ccccc3C2)oc2c1/C(=N/NC(=O)COc1ccc(Cl)cc1Cl)CCC2. The number of carbonyl (C=O) groups is 2. The Hall–Kier alpha value is -3.29. The van der Waals surface area contributed by atoms with Crippen LogP contribution in [0.4, 0.5) is 0 Å². The van der Waals surface area contributed by atoms with Crippen LogP contribution in [0, 0.1) is 6.92 Å². The quantitative estimate of drug-likeness (QED) is 0.456. The minimum absolute atomic E-state index is 0.118. The molecule has 5 rings (SSSR count). The second kappa shape index (κ2) is 10.4. The third kappa shape index (κ3) is 4.99. The van der Waals surface area contributed by atoms with E-state index in [1.54, 1.807) is 18.2 Å². The number of ether oxygens (including phenoxy) is 1. The van der Waals surface area contributed by atoms with Gasteiger partial charge in [-0.15, -0.1) is 0 Å². The second-order valence-electron chi connectivity index (χ2n) is 8.91. The summed E-state index contributed by atoms with van der Waals surface area (Å²) in [5.41, 5.74) is 7.26. The summed E-state index contributed by atoms with van der Waals surface area (Å²) in [5.74, 6) is 0.897. The van der Waals surface area contributed by atoms with E-state index >= 15 is 0 Å². The highest BCUT2D eigenvalue weighted by molar-refractivity contribution is 6.35. The van der Waals surface area contributed by atoms with Crippen molar-refractivity contribution in [3.05, 3.63) is 86.3 Å². The molecule has 7 nitrogen and oxygen atoms in total. The summed E-state index contributed by atoms with van der Waals surface area (Å²) < 4.78 is 11.5. The van der Waals surface area contributed by atoms with Gasteiger partial charge in [0.15, 0.2) is 12.4 Å². The Balaban J connectivity index is 1.28. The number of benzene rings is 2. The van der Waals surface area contributed by atoms with Gasteiger partial charge in [0.05, 0.1) is 10.7 Å². The zero-order valence-electron chi connectivity index (χ0n) is 19.8. The van der Waals surface area contributed by atoms with Crippen LogP contribution in [0.1, 0.15) is 51.4 Å². The molecule has 36 heavy (non-hydrogen) atoms. The van der Waals surface area contributed by atoms with E-state index in [-0.39, 0.29) is 12.5 Å². The molecule has 1 aliphatic heterocycles. The lowest BCUT2D eigenvalue weighted by Crippen LogP contribution is -2.36. The normalized spacial score (nSPS) is 15.9. The molecule has 9 heteroatoms. The van der Waals surface area contributed by atoms with E-state index in [4.69, 9.17) is 32.4 Å². The molecule has 0 saturated carbocycles. The van der Waals surface area contributed by atoms with Crippen molar-refractivity contribution in [3.63, 3.8) is 0 Å². The van der Waals surface area contributed by atoms with Gasteiger partial charge in [-0.2, -0.15) is 5.10 Å². The molecule has 0 fully saturated rings. The molecule has 0 saturated heterocycles. The van der Waals surface area contributed by atoms with Gasteiger partial charge in [0.2, 0.25) is 0 Å². The highest BCUT2D eigenvalue weighted by atomic mass is 35.5. The Morgan fingerprint density at radius 3 is 2.72 bits per heavy atom. The third-order valence-electron chi connectivity index (χ3n) is 6.51. The van der Waals surface area contributed by atoms with Gasteiger partial charge >= 0.3 is 0 Å². The number of aryl methyl sites for hydroxylation is 1. The Labute approximate surface area is 219 Å². The number of hydrogen-bond acceptors (Lipinski definition) is 5. The molecular formula is C27H25Cl2N3O4. The summed E-state index contributed by atoms with van der Waals surface area (Å²) in [6.07, 6.45) is 3.03. The lowest BCUT2D eigenvalue weighted by atomic mass is 9.93.